The Morgan fingerprint density at radius 2 is 2.40 bits per heavy atom. The van der Waals surface area contributed by atoms with Gasteiger partial charge in [-0.25, -0.2) is 4.79 Å². The number of methoxy groups -OCH3 is 1. The van der Waals surface area contributed by atoms with E-state index in [-0.39, 0.29) is 11.9 Å². The first-order valence-corrected chi connectivity index (χ1v) is 2.41. The summed E-state index contributed by atoms with van der Waals surface area (Å²) in [5, 5.41) is 6.52. The van der Waals surface area contributed by atoms with Gasteiger partial charge in [-0.15, -0.1) is 0 Å². The summed E-state index contributed by atoms with van der Waals surface area (Å²) in [6.07, 6.45) is 0. The molecular formula is C4H5N3O3. The zero-order valence-corrected chi connectivity index (χ0v) is 5.20. The fourth-order valence-corrected chi connectivity index (χ4v) is 0.404. The third-order valence-corrected chi connectivity index (χ3v) is 0.801. The van der Waals surface area contributed by atoms with E-state index >= 15 is 0 Å². The smallest absolute Gasteiger partial charge is 0.396 e. The van der Waals surface area contributed by atoms with Gasteiger partial charge in [-0.2, -0.15) is 0 Å². The minimum absolute atomic E-state index is 0.152. The molecule has 0 aliphatic rings. The number of nitrogens with two attached hydrogens (primary N) is 1. The molecule has 0 aromatic carbocycles. The van der Waals surface area contributed by atoms with Crippen LogP contribution in [0.15, 0.2) is 4.42 Å². The highest BCUT2D eigenvalue weighted by molar-refractivity contribution is 5.83. The van der Waals surface area contributed by atoms with Gasteiger partial charge >= 0.3 is 17.9 Å². The fraction of sp³-hybridized carbons (Fsp3) is 0.250. The molecule has 54 valence electrons. The SMILES string of the molecule is COC(=O)c1nnc(N)o1. The lowest BCUT2D eigenvalue weighted by Gasteiger charge is -1.87. The summed E-state index contributed by atoms with van der Waals surface area (Å²) >= 11 is 0. The van der Waals surface area contributed by atoms with Gasteiger partial charge < -0.3 is 14.9 Å². The molecule has 1 rings (SSSR count). The van der Waals surface area contributed by atoms with E-state index in [9.17, 15) is 4.79 Å². The van der Waals surface area contributed by atoms with Crippen molar-refractivity contribution >= 4 is 12.0 Å². The van der Waals surface area contributed by atoms with Gasteiger partial charge in [0.2, 0.25) is 0 Å². The molecule has 0 saturated carbocycles. The Bertz CT molecular complexity index is 244. The zero-order chi connectivity index (χ0) is 7.56. The summed E-state index contributed by atoms with van der Waals surface area (Å²) in [7, 11) is 1.21. The molecule has 0 fully saturated rings. The van der Waals surface area contributed by atoms with E-state index < -0.39 is 5.97 Å². The maximum absolute atomic E-state index is 10.6. The largest absolute Gasteiger partial charge is 0.462 e. The molecule has 0 radical (unpaired) electrons. The first kappa shape index (κ1) is 6.53. The van der Waals surface area contributed by atoms with Crippen LogP contribution in [0.2, 0.25) is 0 Å². The van der Waals surface area contributed by atoms with Crippen molar-refractivity contribution in [2.24, 2.45) is 0 Å². The Kier molecular flexibility index (Phi) is 1.53. The standard InChI is InChI=1S/C4H5N3O3/c1-9-3(8)2-6-7-4(5)10-2/h1H3,(H2,5,7). The third-order valence-electron chi connectivity index (χ3n) is 0.801. The fourth-order valence-electron chi connectivity index (χ4n) is 0.404. The van der Waals surface area contributed by atoms with Crippen LogP contribution in [0.4, 0.5) is 6.01 Å². The van der Waals surface area contributed by atoms with E-state index in [2.05, 4.69) is 19.4 Å². The van der Waals surface area contributed by atoms with Gasteiger partial charge in [-0.05, 0) is 0 Å². The van der Waals surface area contributed by atoms with Gasteiger partial charge in [-0.3, -0.25) is 0 Å². The molecule has 0 bridgehead atoms. The number of rotatable bonds is 1. The van der Waals surface area contributed by atoms with Crippen molar-refractivity contribution in [3.63, 3.8) is 0 Å². The Morgan fingerprint density at radius 1 is 1.70 bits per heavy atom. The van der Waals surface area contributed by atoms with Crippen LogP contribution < -0.4 is 5.73 Å². The van der Waals surface area contributed by atoms with Crippen LogP contribution >= 0.6 is 0 Å². The van der Waals surface area contributed by atoms with Crippen molar-refractivity contribution in [1.82, 2.24) is 10.2 Å². The summed E-state index contributed by atoms with van der Waals surface area (Å²) in [5.74, 6) is -0.927. The second-order valence-electron chi connectivity index (χ2n) is 1.44. The molecule has 1 aromatic rings. The number of hydrogen-bond acceptors (Lipinski definition) is 6. The van der Waals surface area contributed by atoms with Gasteiger partial charge in [0.05, 0.1) is 7.11 Å². The number of carbonyl (C=O) groups excluding carboxylic acids is 1. The summed E-state index contributed by atoms with van der Waals surface area (Å²) in [6, 6.07) is -0.152. The van der Waals surface area contributed by atoms with Crippen molar-refractivity contribution in [3.05, 3.63) is 5.89 Å². The normalized spacial score (nSPS) is 9.30. The molecule has 1 aromatic heterocycles. The highest BCUT2D eigenvalue weighted by Crippen LogP contribution is 2.00. The van der Waals surface area contributed by atoms with Crippen LogP contribution in [-0.4, -0.2) is 23.3 Å². The Morgan fingerprint density at radius 3 is 2.80 bits per heavy atom. The number of esters is 1. The summed E-state index contributed by atoms with van der Waals surface area (Å²) in [5.41, 5.74) is 5.02. The summed E-state index contributed by atoms with van der Waals surface area (Å²) < 4.78 is 8.78. The van der Waals surface area contributed by atoms with Crippen molar-refractivity contribution in [3.8, 4) is 0 Å². The maximum atomic E-state index is 10.6. The monoisotopic (exact) mass is 143 g/mol. The van der Waals surface area contributed by atoms with E-state index in [0.717, 1.165) is 0 Å². The van der Waals surface area contributed by atoms with Crippen LogP contribution in [0.1, 0.15) is 10.7 Å². The summed E-state index contributed by atoms with van der Waals surface area (Å²) in [4.78, 5) is 10.6. The van der Waals surface area contributed by atoms with Crippen LogP contribution in [-0.2, 0) is 4.74 Å². The van der Waals surface area contributed by atoms with Gasteiger partial charge in [0.25, 0.3) is 0 Å². The molecule has 0 unspecified atom stereocenters. The maximum Gasteiger partial charge on any atom is 0.396 e. The number of nitrogen functional groups attached to an aromatic ring is 1. The Balaban J connectivity index is 2.85. The summed E-state index contributed by atoms with van der Waals surface area (Å²) in [6.45, 7) is 0. The first-order valence-electron chi connectivity index (χ1n) is 2.41. The molecule has 0 aliphatic heterocycles. The van der Waals surface area contributed by atoms with Crippen molar-refractivity contribution in [1.29, 1.82) is 0 Å². The molecule has 0 spiro atoms. The molecule has 0 saturated heterocycles. The molecule has 0 amide bonds. The number of anilines is 1. The van der Waals surface area contributed by atoms with Crippen molar-refractivity contribution < 1.29 is 13.9 Å². The number of ether oxygens (including phenoxy) is 1. The van der Waals surface area contributed by atoms with Gasteiger partial charge in [-0.1, -0.05) is 10.2 Å². The van der Waals surface area contributed by atoms with Crippen LogP contribution in [0, 0.1) is 0 Å². The number of hydrogen-bond donors (Lipinski definition) is 1. The van der Waals surface area contributed by atoms with Crippen LogP contribution in [0.5, 0.6) is 0 Å². The molecule has 10 heavy (non-hydrogen) atoms. The average molecular weight is 143 g/mol. The van der Waals surface area contributed by atoms with Crippen LogP contribution in [0.25, 0.3) is 0 Å². The van der Waals surface area contributed by atoms with E-state index in [1.807, 2.05) is 0 Å². The van der Waals surface area contributed by atoms with Crippen molar-refractivity contribution in [2.75, 3.05) is 12.8 Å². The minimum atomic E-state index is -0.691. The molecule has 2 N–H and O–H groups in total. The molecule has 0 aliphatic carbocycles. The van der Waals surface area contributed by atoms with E-state index in [1.54, 1.807) is 0 Å². The second-order valence-corrected chi connectivity index (χ2v) is 1.44. The molecule has 6 nitrogen and oxygen atoms in total. The minimum Gasteiger partial charge on any atom is -0.462 e. The predicted octanol–water partition coefficient (Wildman–Crippen LogP) is -0.562. The second kappa shape index (κ2) is 2.34. The zero-order valence-electron chi connectivity index (χ0n) is 5.20. The van der Waals surface area contributed by atoms with Gasteiger partial charge in [0, 0.05) is 0 Å². The Labute approximate surface area is 56.0 Å². The molecule has 0 atom stereocenters. The molecule has 6 heteroatoms. The lowest BCUT2D eigenvalue weighted by molar-refractivity contribution is 0.0557. The van der Waals surface area contributed by atoms with Gasteiger partial charge in [0.1, 0.15) is 0 Å². The average Bonchev–Trinajstić information content (AvgIpc) is 2.34. The predicted molar refractivity (Wildman–Crippen MR) is 30.0 cm³/mol. The highest BCUT2D eigenvalue weighted by atomic mass is 16.5. The van der Waals surface area contributed by atoms with E-state index in [0.29, 0.717) is 0 Å². The number of nitrogens with zero attached hydrogens (tertiary/aromatic N) is 2. The lowest BCUT2D eigenvalue weighted by Crippen LogP contribution is -2.00. The Hall–Kier alpha value is -1.59. The topological polar surface area (TPSA) is 91.2 Å². The van der Waals surface area contributed by atoms with E-state index in [4.69, 9.17) is 5.73 Å². The van der Waals surface area contributed by atoms with Crippen LogP contribution in [0.3, 0.4) is 0 Å². The first-order chi connectivity index (χ1) is 4.74. The number of aromatic nitrogens is 2. The third kappa shape index (κ3) is 1.04. The highest BCUT2D eigenvalue weighted by Gasteiger charge is 2.12. The van der Waals surface area contributed by atoms with Gasteiger partial charge in [0.15, 0.2) is 0 Å². The molecular weight excluding hydrogens is 138 g/mol. The lowest BCUT2D eigenvalue weighted by atomic mass is 10.7. The quantitative estimate of drug-likeness (QED) is 0.529. The molecule has 1 heterocycles. The number of carbonyl (C=O) groups is 1. The van der Waals surface area contributed by atoms with Crippen molar-refractivity contribution in [2.45, 2.75) is 0 Å². The van der Waals surface area contributed by atoms with E-state index in [1.165, 1.54) is 7.11 Å².